The van der Waals surface area contributed by atoms with Crippen LogP contribution >= 0.6 is 0 Å². The third-order valence-electron chi connectivity index (χ3n) is 4.73. The SMILES string of the molecule is C[n+]1ccn(CCCCCCCCCCCCn2cc[n+](C)c2)c1.[Cl-].[Cl-]. The third-order valence-corrected chi connectivity index (χ3v) is 4.73. The van der Waals surface area contributed by atoms with Crippen LogP contribution < -0.4 is 33.9 Å². The number of unbranched alkanes of at least 4 members (excludes halogenated alkanes) is 9. The Labute approximate surface area is 172 Å². The van der Waals surface area contributed by atoms with Crippen LogP contribution in [0.2, 0.25) is 0 Å². The molecule has 150 valence electrons. The fraction of sp³-hybridized carbons (Fsp3) is 0.700. The van der Waals surface area contributed by atoms with Gasteiger partial charge in [0.1, 0.15) is 24.8 Å². The van der Waals surface area contributed by atoms with Gasteiger partial charge in [-0.05, 0) is 25.7 Å². The zero-order chi connectivity index (χ0) is 17.0. The molecule has 0 aliphatic carbocycles. The molecule has 6 heteroatoms. The van der Waals surface area contributed by atoms with Crippen LogP contribution in [0.1, 0.15) is 64.2 Å². The second-order valence-electron chi connectivity index (χ2n) is 7.17. The predicted molar refractivity (Wildman–Crippen MR) is 97.4 cm³/mol. The molecule has 0 spiro atoms. The lowest BCUT2D eigenvalue weighted by Crippen LogP contribution is -3.00. The molecule has 0 bridgehead atoms. The van der Waals surface area contributed by atoms with E-state index < -0.39 is 0 Å². The van der Waals surface area contributed by atoms with Crippen molar-refractivity contribution in [2.75, 3.05) is 0 Å². The third kappa shape index (κ3) is 10.9. The van der Waals surface area contributed by atoms with Gasteiger partial charge >= 0.3 is 0 Å². The Kier molecular flexibility index (Phi) is 14.5. The molecule has 0 radical (unpaired) electrons. The van der Waals surface area contributed by atoms with Gasteiger partial charge in [-0.25, -0.2) is 18.3 Å². The van der Waals surface area contributed by atoms with Gasteiger partial charge in [0.25, 0.3) is 0 Å². The van der Waals surface area contributed by atoms with Crippen molar-refractivity contribution in [3.8, 4) is 0 Å². The average Bonchev–Trinajstić information content (AvgIpc) is 3.17. The van der Waals surface area contributed by atoms with Gasteiger partial charge in [0, 0.05) is 0 Å². The van der Waals surface area contributed by atoms with Crippen molar-refractivity contribution in [2.45, 2.75) is 77.3 Å². The van der Waals surface area contributed by atoms with Crippen molar-refractivity contribution in [1.29, 1.82) is 0 Å². The summed E-state index contributed by atoms with van der Waals surface area (Å²) in [6.45, 7) is 2.33. The molecule has 0 aromatic carbocycles. The monoisotopic (exact) mass is 402 g/mol. The van der Waals surface area contributed by atoms with Crippen molar-refractivity contribution in [2.24, 2.45) is 14.1 Å². The van der Waals surface area contributed by atoms with E-state index in [4.69, 9.17) is 0 Å². The quantitative estimate of drug-likeness (QED) is 0.261. The largest absolute Gasteiger partial charge is 1.00 e. The Morgan fingerprint density at radius 3 is 1.12 bits per heavy atom. The van der Waals surface area contributed by atoms with Crippen LogP contribution in [0.15, 0.2) is 37.4 Å². The Hall–Kier alpha value is -1.00. The highest BCUT2D eigenvalue weighted by molar-refractivity contribution is 4.66. The minimum absolute atomic E-state index is 0. The van der Waals surface area contributed by atoms with E-state index in [2.05, 4.69) is 69.8 Å². The molecule has 0 saturated heterocycles. The summed E-state index contributed by atoms with van der Waals surface area (Å²) in [4.78, 5) is 0. The lowest BCUT2D eigenvalue weighted by Gasteiger charge is -2.02. The zero-order valence-corrected chi connectivity index (χ0v) is 18.0. The molecule has 26 heavy (non-hydrogen) atoms. The molecule has 0 unspecified atom stereocenters. The minimum Gasteiger partial charge on any atom is -1.00 e. The van der Waals surface area contributed by atoms with E-state index >= 15 is 0 Å². The van der Waals surface area contributed by atoms with Crippen LogP contribution in [0.5, 0.6) is 0 Å². The van der Waals surface area contributed by atoms with E-state index in [0.717, 1.165) is 0 Å². The first-order valence-electron chi connectivity index (χ1n) is 9.76. The van der Waals surface area contributed by atoms with E-state index in [-0.39, 0.29) is 24.8 Å². The van der Waals surface area contributed by atoms with Crippen molar-refractivity contribution >= 4 is 0 Å². The molecular weight excluding hydrogens is 367 g/mol. The summed E-state index contributed by atoms with van der Waals surface area (Å²) in [5.41, 5.74) is 0. The molecule has 2 aromatic heterocycles. The van der Waals surface area contributed by atoms with Crippen molar-refractivity contribution in [3.63, 3.8) is 0 Å². The summed E-state index contributed by atoms with van der Waals surface area (Å²) in [5, 5.41) is 0. The topological polar surface area (TPSA) is 17.6 Å². The molecule has 0 fully saturated rings. The molecule has 0 saturated carbocycles. The van der Waals surface area contributed by atoms with Gasteiger partial charge in [0.15, 0.2) is 0 Å². The standard InChI is InChI=1S/C20H36N4.2ClH/c1-21-15-17-23(19-21)13-11-9-7-5-3-4-6-8-10-12-14-24-18-16-22(2)20-24;;/h15-20H,3-14H2,1-2H3;2*1H/q+2;;/p-2. The van der Waals surface area contributed by atoms with Crippen LogP contribution in [0.25, 0.3) is 0 Å². The first-order valence-corrected chi connectivity index (χ1v) is 9.76. The highest BCUT2D eigenvalue weighted by atomic mass is 35.5. The van der Waals surface area contributed by atoms with Crippen LogP contribution in [0.4, 0.5) is 0 Å². The number of rotatable bonds is 13. The number of halogens is 2. The second kappa shape index (κ2) is 15.1. The van der Waals surface area contributed by atoms with Crippen LogP contribution in [-0.4, -0.2) is 9.13 Å². The normalized spacial score (nSPS) is 10.4. The van der Waals surface area contributed by atoms with Crippen molar-refractivity contribution in [3.05, 3.63) is 37.4 Å². The molecule has 0 aliphatic rings. The fourth-order valence-electron chi connectivity index (χ4n) is 3.27. The minimum atomic E-state index is 0. The maximum absolute atomic E-state index is 2.29. The molecule has 0 aliphatic heterocycles. The number of imidazole rings is 2. The van der Waals surface area contributed by atoms with E-state index in [1.807, 2.05) is 0 Å². The maximum Gasteiger partial charge on any atom is 0.243 e. The van der Waals surface area contributed by atoms with E-state index in [9.17, 15) is 0 Å². The van der Waals surface area contributed by atoms with Crippen LogP contribution in [-0.2, 0) is 27.2 Å². The Bertz CT molecular complexity index is 515. The average molecular weight is 403 g/mol. The Morgan fingerprint density at radius 1 is 0.538 bits per heavy atom. The van der Waals surface area contributed by atoms with Gasteiger partial charge in [-0.15, -0.1) is 0 Å². The van der Waals surface area contributed by atoms with Crippen molar-refractivity contribution in [1.82, 2.24) is 9.13 Å². The van der Waals surface area contributed by atoms with E-state index in [1.165, 1.54) is 77.3 Å². The zero-order valence-electron chi connectivity index (χ0n) is 16.5. The van der Waals surface area contributed by atoms with Crippen LogP contribution in [0, 0.1) is 0 Å². The van der Waals surface area contributed by atoms with Gasteiger partial charge in [-0.3, -0.25) is 0 Å². The first kappa shape index (κ1) is 25.0. The number of hydrogen-bond donors (Lipinski definition) is 0. The first-order chi connectivity index (χ1) is 11.7. The lowest BCUT2D eigenvalue weighted by molar-refractivity contribution is -0.671. The number of hydrogen-bond acceptors (Lipinski definition) is 0. The molecule has 2 heterocycles. The van der Waals surface area contributed by atoms with E-state index in [1.54, 1.807) is 0 Å². The van der Waals surface area contributed by atoms with Gasteiger partial charge in [-0.2, -0.15) is 0 Å². The maximum atomic E-state index is 2.29. The van der Waals surface area contributed by atoms with Gasteiger partial charge < -0.3 is 24.8 Å². The molecule has 0 N–H and O–H groups in total. The molecule has 2 rings (SSSR count). The number of nitrogens with zero attached hydrogens (tertiary/aromatic N) is 4. The van der Waals surface area contributed by atoms with E-state index in [0.29, 0.717) is 0 Å². The fourth-order valence-corrected chi connectivity index (χ4v) is 3.27. The van der Waals surface area contributed by atoms with Crippen molar-refractivity contribution < 1.29 is 33.9 Å². The summed E-state index contributed by atoms with van der Waals surface area (Å²) >= 11 is 0. The number of aryl methyl sites for hydroxylation is 4. The van der Waals surface area contributed by atoms with Crippen LogP contribution in [0.3, 0.4) is 0 Å². The highest BCUT2D eigenvalue weighted by Gasteiger charge is 2.00. The second-order valence-corrected chi connectivity index (χ2v) is 7.17. The van der Waals surface area contributed by atoms with Gasteiger partial charge in [0.05, 0.1) is 27.2 Å². The molecule has 0 atom stereocenters. The van der Waals surface area contributed by atoms with Gasteiger partial charge in [0.2, 0.25) is 12.7 Å². The predicted octanol–water partition coefficient (Wildman–Crippen LogP) is -2.45. The Balaban J connectivity index is 0.00000312. The van der Waals surface area contributed by atoms with Gasteiger partial charge in [-0.1, -0.05) is 38.5 Å². The lowest BCUT2D eigenvalue weighted by atomic mass is 10.1. The molecular formula is C20H36Cl2N4. The summed E-state index contributed by atoms with van der Waals surface area (Å²) < 4.78 is 8.79. The number of aromatic nitrogens is 4. The molecule has 2 aromatic rings. The summed E-state index contributed by atoms with van der Waals surface area (Å²) in [6, 6.07) is 0. The smallest absolute Gasteiger partial charge is 0.243 e. The summed E-state index contributed by atoms with van der Waals surface area (Å²) in [6.07, 6.45) is 26.7. The Morgan fingerprint density at radius 2 is 0.846 bits per heavy atom. The summed E-state index contributed by atoms with van der Waals surface area (Å²) in [7, 11) is 4.16. The highest BCUT2D eigenvalue weighted by Crippen LogP contribution is 2.11. The molecule has 4 nitrogen and oxygen atoms in total. The summed E-state index contributed by atoms with van der Waals surface area (Å²) in [5.74, 6) is 0. The molecule has 0 amide bonds.